The van der Waals surface area contributed by atoms with Crippen molar-refractivity contribution in [3.05, 3.63) is 0 Å². The van der Waals surface area contributed by atoms with Crippen molar-refractivity contribution in [1.82, 2.24) is 5.32 Å². The second-order valence-corrected chi connectivity index (χ2v) is 3.84. The first kappa shape index (κ1) is 12.8. The zero-order chi connectivity index (χ0) is 10.1. The van der Waals surface area contributed by atoms with E-state index in [0.717, 1.165) is 12.3 Å². The summed E-state index contributed by atoms with van der Waals surface area (Å²) in [6.07, 6.45) is 2.07. The highest BCUT2D eigenvalue weighted by molar-refractivity contribution is 7.98. The zero-order valence-corrected chi connectivity index (χ0v) is 9.45. The Labute approximate surface area is 84.6 Å². The minimum Gasteiger partial charge on any atom is -0.466 e. The predicted molar refractivity (Wildman–Crippen MR) is 57.0 cm³/mol. The fourth-order valence-corrected chi connectivity index (χ4v) is 1.21. The van der Waals surface area contributed by atoms with Crippen LogP contribution in [-0.4, -0.2) is 37.7 Å². The molecule has 1 atom stereocenters. The monoisotopic (exact) mass is 205 g/mol. The normalized spacial score (nSPS) is 12.5. The van der Waals surface area contributed by atoms with Gasteiger partial charge in [0.2, 0.25) is 0 Å². The Bertz CT molecular complexity index is 142. The van der Waals surface area contributed by atoms with Gasteiger partial charge in [0.1, 0.15) is 0 Å². The van der Waals surface area contributed by atoms with Gasteiger partial charge in [-0.3, -0.25) is 4.79 Å². The average Bonchev–Trinajstić information content (AvgIpc) is 2.12. The van der Waals surface area contributed by atoms with E-state index in [1.807, 2.05) is 13.8 Å². The molecule has 0 saturated heterocycles. The molecule has 0 aliphatic heterocycles. The maximum atomic E-state index is 11.1. The van der Waals surface area contributed by atoms with Crippen LogP contribution in [0, 0.1) is 5.92 Å². The summed E-state index contributed by atoms with van der Waals surface area (Å²) in [6, 6.07) is 0. The molecule has 0 bridgehead atoms. The fourth-order valence-electron chi connectivity index (χ4n) is 0.861. The molecule has 0 aromatic rings. The topological polar surface area (TPSA) is 38.3 Å². The number of ether oxygens (including phenoxy) is 1. The molecule has 1 N–H and O–H groups in total. The molecule has 0 aromatic carbocycles. The molecule has 4 heteroatoms. The molecule has 3 nitrogen and oxygen atoms in total. The van der Waals surface area contributed by atoms with Crippen molar-refractivity contribution in [3.8, 4) is 0 Å². The molecule has 1 unspecified atom stereocenters. The van der Waals surface area contributed by atoms with Gasteiger partial charge in [0, 0.05) is 18.8 Å². The van der Waals surface area contributed by atoms with Crippen LogP contribution in [0.4, 0.5) is 0 Å². The summed E-state index contributed by atoms with van der Waals surface area (Å²) in [4.78, 5) is 11.1. The maximum Gasteiger partial charge on any atom is 0.309 e. The van der Waals surface area contributed by atoms with Crippen molar-refractivity contribution in [3.63, 3.8) is 0 Å². The van der Waals surface area contributed by atoms with Gasteiger partial charge in [0.25, 0.3) is 0 Å². The van der Waals surface area contributed by atoms with Gasteiger partial charge < -0.3 is 10.1 Å². The van der Waals surface area contributed by atoms with Gasteiger partial charge in [0.05, 0.1) is 12.5 Å². The third-order valence-corrected chi connectivity index (χ3v) is 2.23. The minimum absolute atomic E-state index is 0.0400. The van der Waals surface area contributed by atoms with Crippen LogP contribution in [0.5, 0.6) is 0 Å². The van der Waals surface area contributed by atoms with Gasteiger partial charge in [-0.05, 0) is 13.2 Å². The predicted octanol–water partition coefficient (Wildman–Crippen LogP) is 1.14. The van der Waals surface area contributed by atoms with Crippen LogP contribution in [0.15, 0.2) is 0 Å². The van der Waals surface area contributed by atoms with E-state index in [-0.39, 0.29) is 11.9 Å². The van der Waals surface area contributed by atoms with Gasteiger partial charge in [0.15, 0.2) is 0 Å². The summed E-state index contributed by atoms with van der Waals surface area (Å²) in [5, 5.41) is 3.20. The quantitative estimate of drug-likeness (QED) is 0.499. The Balaban J connectivity index is 3.38. The SMILES string of the molecule is CCOC(=O)C(C)CNCCSC. The lowest BCUT2D eigenvalue weighted by molar-refractivity contribution is -0.147. The second kappa shape index (κ2) is 8.38. The summed E-state index contributed by atoms with van der Waals surface area (Å²) in [7, 11) is 0. The average molecular weight is 205 g/mol. The van der Waals surface area contributed by atoms with Crippen molar-refractivity contribution in [1.29, 1.82) is 0 Å². The van der Waals surface area contributed by atoms with Crippen LogP contribution in [-0.2, 0) is 9.53 Å². The molecule has 0 aliphatic rings. The van der Waals surface area contributed by atoms with Crippen LogP contribution in [0.1, 0.15) is 13.8 Å². The second-order valence-electron chi connectivity index (χ2n) is 2.85. The van der Waals surface area contributed by atoms with Gasteiger partial charge in [-0.25, -0.2) is 0 Å². The van der Waals surface area contributed by atoms with E-state index < -0.39 is 0 Å². The lowest BCUT2D eigenvalue weighted by Gasteiger charge is -2.10. The number of rotatable bonds is 7. The smallest absolute Gasteiger partial charge is 0.309 e. The van der Waals surface area contributed by atoms with Crippen LogP contribution < -0.4 is 5.32 Å². The first-order valence-corrected chi connectivity index (χ1v) is 5.98. The first-order chi connectivity index (χ1) is 6.22. The standard InChI is InChI=1S/C9H19NO2S/c1-4-12-9(11)8(2)7-10-5-6-13-3/h8,10H,4-7H2,1-3H3. The van der Waals surface area contributed by atoms with E-state index in [4.69, 9.17) is 4.74 Å². The largest absolute Gasteiger partial charge is 0.466 e. The zero-order valence-electron chi connectivity index (χ0n) is 8.63. The number of carbonyl (C=O) groups excluding carboxylic acids is 1. The molecule has 78 valence electrons. The molecule has 0 spiro atoms. The molecule has 0 saturated carbocycles. The highest BCUT2D eigenvalue weighted by atomic mass is 32.2. The third kappa shape index (κ3) is 6.90. The molecular weight excluding hydrogens is 186 g/mol. The van der Waals surface area contributed by atoms with Gasteiger partial charge in [-0.2, -0.15) is 11.8 Å². The fraction of sp³-hybridized carbons (Fsp3) is 0.889. The summed E-state index contributed by atoms with van der Waals surface area (Å²) in [6.45, 7) is 5.83. The summed E-state index contributed by atoms with van der Waals surface area (Å²) >= 11 is 1.79. The summed E-state index contributed by atoms with van der Waals surface area (Å²) in [5.74, 6) is 0.927. The van der Waals surface area contributed by atoms with Crippen LogP contribution in [0.25, 0.3) is 0 Å². The first-order valence-electron chi connectivity index (χ1n) is 4.58. The van der Waals surface area contributed by atoms with Crippen molar-refractivity contribution >= 4 is 17.7 Å². The third-order valence-electron chi connectivity index (χ3n) is 1.62. The van der Waals surface area contributed by atoms with E-state index in [1.54, 1.807) is 11.8 Å². The van der Waals surface area contributed by atoms with Crippen molar-refractivity contribution in [2.45, 2.75) is 13.8 Å². The van der Waals surface area contributed by atoms with E-state index in [9.17, 15) is 4.79 Å². The van der Waals surface area contributed by atoms with Crippen molar-refractivity contribution in [2.24, 2.45) is 5.92 Å². The Morgan fingerprint density at radius 2 is 2.31 bits per heavy atom. The molecular formula is C9H19NO2S. The van der Waals surface area contributed by atoms with E-state index in [2.05, 4.69) is 11.6 Å². The van der Waals surface area contributed by atoms with Crippen molar-refractivity contribution < 1.29 is 9.53 Å². The maximum absolute atomic E-state index is 11.1. The molecule has 0 rings (SSSR count). The molecule has 13 heavy (non-hydrogen) atoms. The molecule has 0 aromatic heterocycles. The Hall–Kier alpha value is -0.220. The number of hydrogen-bond donors (Lipinski definition) is 1. The number of thioether (sulfide) groups is 1. The van der Waals surface area contributed by atoms with Crippen LogP contribution in [0.2, 0.25) is 0 Å². The number of carbonyl (C=O) groups is 1. The molecule has 0 heterocycles. The van der Waals surface area contributed by atoms with Gasteiger partial charge >= 0.3 is 5.97 Å². The molecule has 0 fully saturated rings. The number of hydrogen-bond acceptors (Lipinski definition) is 4. The Morgan fingerprint density at radius 3 is 2.85 bits per heavy atom. The molecule has 0 amide bonds. The number of nitrogens with one attached hydrogen (secondary N) is 1. The lowest BCUT2D eigenvalue weighted by atomic mass is 10.2. The molecule has 0 radical (unpaired) electrons. The van der Waals surface area contributed by atoms with E-state index in [0.29, 0.717) is 13.2 Å². The highest BCUT2D eigenvalue weighted by Crippen LogP contribution is 1.96. The summed E-state index contributed by atoms with van der Waals surface area (Å²) in [5.41, 5.74) is 0. The number of esters is 1. The van der Waals surface area contributed by atoms with Crippen LogP contribution >= 0.6 is 11.8 Å². The lowest BCUT2D eigenvalue weighted by Crippen LogP contribution is -2.29. The Kier molecular flexibility index (Phi) is 8.24. The van der Waals surface area contributed by atoms with Crippen molar-refractivity contribution in [2.75, 3.05) is 31.7 Å². The Morgan fingerprint density at radius 1 is 1.62 bits per heavy atom. The highest BCUT2D eigenvalue weighted by Gasteiger charge is 2.12. The molecule has 0 aliphatic carbocycles. The summed E-state index contributed by atoms with van der Waals surface area (Å²) < 4.78 is 4.88. The van der Waals surface area contributed by atoms with E-state index in [1.165, 1.54) is 0 Å². The van der Waals surface area contributed by atoms with E-state index >= 15 is 0 Å². The minimum atomic E-state index is -0.112. The van der Waals surface area contributed by atoms with Crippen LogP contribution in [0.3, 0.4) is 0 Å². The van der Waals surface area contributed by atoms with Gasteiger partial charge in [-0.1, -0.05) is 6.92 Å². The van der Waals surface area contributed by atoms with Gasteiger partial charge in [-0.15, -0.1) is 0 Å².